The molecule has 0 unspecified atom stereocenters. The summed E-state index contributed by atoms with van der Waals surface area (Å²) < 4.78 is 65.5. The lowest BCUT2D eigenvalue weighted by molar-refractivity contribution is 0.122. The van der Waals surface area contributed by atoms with Gasteiger partial charge in [-0.25, -0.2) is 22.0 Å². The van der Waals surface area contributed by atoms with Crippen LogP contribution in [-0.2, 0) is 11.4 Å². The van der Waals surface area contributed by atoms with Crippen molar-refractivity contribution in [1.82, 2.24) is 0 Å². The fraction of sp³-hybridized carbons (Fsp3) is 0.533. The topological polar surface area (TPSA) is 21.6 Å². The first-order chi connectivity index (χ1) is 10.4. The summed E-state index contributed by atoms with van der Waals surface area (Å²) in [6, 6.07) is 0. The average molecular weight is 323 g/mol. The second-order valence-corrected chi connectivity index (χ2v) is 4.96. The molecule has 0 aliphatic carbocycles. The quantitative estimate of drug-likeness (QED) is 0.160. The molecule has 0 saturated carbocycles. The van der Waals surface area contributed by atoms with Crippen LogP contribution in [0.1, 0.15) is 51.5 Å². The number of nitrogens with zero attached hydrogens (tertiary/aromatic N) is 1. The van der Waals surface area contributed by atoms with Gasteiger partial charge in [0.25, 0.3) is 0 Å². The first-order valence-electron chi connectivity index (χ1n) is 7.05. The van der Waals surface area contributed by atoms with E-state index < -0.39 is 41.3 Å². The van der Waals surface area contributed by atoms with E-state index in [1.54, 1.807) is 6.92 Å². The molecule has 0 saturated heterocycles. The van der Waals surface area contributed by atoms with E-state index in [1.807, 2.05) is 0 Å². The van der Waals surface area contributed by atoms with Crippen LogP contribution in [0.5, 0.6) is 0 Å². The number of oxime groups is 1. The molecule has 1 rings (SSSR count). The fourth-order valence-electron chi connectivity index (χ4n) is 1.84. The summed E-state index contributed by atoms with van der Waals surface area (Å²) in [7, 11) is 0. The lowest BCUT2D eigenvalue weighted by Gasteiger charge is -2.07. The molecular weight excluding hydrogens is 305 g/mol. The lowest BCUT2D eigenvalue weighted by atomic mass is 10.1. The summed E-state index contributed by atoms with van der Waals surface area (Å²) in [4.78, 5) is 4.70. The Hall–Kier alpha value is -1.66. The maximum Gasteiger partial charge on any atom is 0.200 e. The average Bonchev–Trinajstić information content (AvgIpc) is 2.51. The normalized spacial score (nSPS) is 11.9. The van der Waals surface area contributed by atoms with Crippen LogP contribution in [0.2, 0.25) is 0 Å². The van der Waals surface area contributed by atoms with E-state index in [9.17, 15) is 22.0 Å². The summed E-state index contributed by atoms with van der Waals surface area (Å²) in [6.45, 7) is 2.93. The zero-order chi connectivity index (χ0) is 16.7. The summed E-state index contributed by atoms with van der Waals surface area (Å²) >= 11 is 0. The van der Waals surface area contributed by atoms with Gasteiger partial charge in [-0.1, -0.05) is 31.3 Å². The van der Waals surface area contributed by atoms with Gasteiger partial charge < -0.3 is 4.84 Å². The fourth-order valence-corrected chi connectivity index (χ4v) is 1.84. The van der Waals surface area contributed by atoms with Crippen molar-refractivity contribution in [2.24, 2.45) is 5.16 Å². The minimum Gasteiger partial charge on any atom is -0.391 e. The van der Waals surface area contributed by atoms with E-state index in [4.69, 9.17) is 4.84 Å². The van der Waals surface area contributed by atoms with Crippen LogP contribution < -0.4 is 0 Å². The first-order valence-corrected chi connectivity index (χ1v) is 7.05. The van der Waals surface area contributed by atoms with Crippen LogP contribution >= 0.6 is 0 Å². The minimum absolute atomic E-state index is 0.597. The van der Waals surface area contributed by atoms with Gasteiger partial charge in [-0.15, -0.1) is 0 Å². The van der Waals surface area contributed by atoms with E-state index in [2.05, 4.69) is 12.1 Å². The van der Waals surface area contributed by atoms with Gasteiger partial charge in [-0.3, -0.25) is 0 Å². The van der Waals surface area contributed by atoms with E-state index >= 15 is 0 Å². The Bertz CT molecular complexity index is 516. The van der Waals surface area contributed by atoms with Gasteiger partial charge in [-0.05, 0) is 19.8 Å². The van der Waals surface area contributed by atoms with Crippen molar-refractivity contribution in [2.45, 2.75) is 52.6 Å². The predicted octanol–water partition coefficient (Wildman–Crippen LogP) is 5.25. The van der Waals surface area contributed by atoms with Crippen molar-refractivity contribution in [3.8, 4) is 0 Å². The van der Waals surface area contributed by atoms with E-state index in [0.29, 0.717) is 12.1 Å². The molecule has 0 bridgehead atoms. The van der Waals surface area contributed by atoms with Crippen molar-refractivity contribution in [2.75, 3.05) is 0 Å². The van der Waals surface area contributed by atoms with Gasteiger partial charge in [0, 0.05) is 0 Å². The highest BCUT2D eigenvalue weighted by atomic mass is 19.2. The second-order valence-electron chi connectivity index (χ2n) is 4.96. The minimum atomic E-state index is -2.19. The van der Waals surface area contributed by atoms with E-state index in [0.717, 1.165) is 25.7 Å². The molecule has 0 heterocycles. The van der Waals surface area contributed by atoms with Crippen molar-refractivity contribution >= 4 is 5.71 Å². The zero-order valence-corrected chi connectivity index (χ0v) is 12.5. The van der Waals surface area contributed by atoms with Gasteiger partial charge in [0.2, 0.25) is 5.82 Å². The molecule has 1 aromatic carbocycles. The van der Waals surface area contributed by atoms with Crippen LogP contribution in [0.3, 0.4) is 0 Å². The third-order valence-electron chi connectivity index (χ3n) is 3.12. The van der Waals surface area contributed by atoms with Crippen molar-refractivity contribution in [3.63, 3.8) is 0 Å². The van der Waals surface area contributed by atoms with Crippen LogP contribution in [0.15, 0.2) is 5.16 Å². The van der Waals surface area contributed by atoms with Gasteiger partial charge >= 0.3 is 0 Å². The smallest absolute Gasteiger partial charge is 0.200 e. The maximum absolute atomic E-state index is 13.4. The molecular formula is C15H18F5NO. The number of hydrogen-bond donors (Lipinski definition) is 0. The number of unbranched alkanes of at least 4 members (excludes halogenated alkanes) is 3. The van der Waals surface area contributed by atoms with Crippen LogP contribution in [-0.4, -0.2) is 5.71 Å². The van der Waals surface area contributed by atoms with Gasteiger partial charge in [0.05, 0.1) is 11.3 Å². The highest BCUT2D eigenvalue weighted by Crippen LogP contribution is 2.23. The third kappa shape index (κ3) is 4.68. The number of hydrogen-bond acceptors (Lipinski definition) is 2. The Morgan fingerprint density at radius 2 is 1.41 bits per heavy atom. The molecule has 0 N–H and O–H groups in total. The number of halogens is 5. The Balaban J connectivity index is 2.65. The van der Waals surface area contributed by atoms with E-state index in [-0.39, 0.29) is 0 Å². The van der Waals surface area contributed by atoms with Gasteiger partial charge in [-0.2, -0.15) is 0 Å². The molecule has 22 heavy (non-hydrogen) atoms. The highest BCUT2D eigenvalue weighted by molar-refractivity contribution is 5.81. The number of rotatable bonds is 8. The Labute approximate surface area is 126 Å². The van der Waals surface area contributed by atoms with Gasteiger partial charge in [0.15, 0.2) is 23.3 Å². The summed E-state index contributed by atoms with van der Waals surface area (Å²) in [5, 5.41) is 3.63. The third-order valence-corrected chi connectivity index (χ3v) is 3.12. The van der Waals surface area contributed by atoms with Crippen molar-refractivity contribution < 1.29 is 26.8 Å². The summed E-state index contributed by atoms with van der Waals surface area (Å²) in [6.07, 6.45) is 4.76. The van der Waals surface area contributed by atoms with Crippen LogP contribution in [0, 0.1) is 29.1 Å². The Morgan fingerprint density at radius 1 is 0.864 bits per heavy atom. The van der Waals surface area contributed by atoms with Crippen molar-refractivity contribution in [1.29, 1.82) is 0 Å². The van der Waals surface area contributed by atoms with Crippen molar-refractivity contribution in [3.05, 3.63) is 34.6 Å². The second kappa shape index (κ2) is 8.70. The molecule has 0 atom stereocenters. The lowest BCUT2D eigenvalue weighted by Crippen LogP contribution is -2.08. The molecule has 0 aliphatic rings. The summed E-state index contributed by atoms with van der Waals surface area (Å²) in [5.74, 6) is -9.95. The molecule has 0 spiro atoms. The Morgan fingerprint density at radius 3 is 1.95 bits per heavy atom. The zero-order valence-electron chi connectivity index (χ0n) is 12.5. The molecule has 7 heteroatoms. The molecule has 2 nitrogen and oxygen atoms in total. The van der Waals surface area contributed by atoms with E-state index in [1.165, 1.54) is 0 Å². The molecule has 0 amide bonds. The molecule has 0 aromatic heterocycles. The highest BCUT2D eigenvalue weighted by Gasteiger charge is 2.25. The van der Waals surface area contributed by atoms with Gasteiger partial charge in [0.1, 0.15) is 6.61 Å². The first kappa shape index (κ1) is 18.4. The molecule has 0 fully saturated rings. The van der Waals surface area contributed by atoms with Crippen LogP contribution in [0.4, 0.5) is 22.0 Å². The SMILES string of the molecule is CCCCCC/C(C)=N/OCc1c(F)c(F)c(F)c(F)c1F. The maximum atomic E-state index is 13.4. The Kier molecular flexibility index (Phi) is 7.27. The molecule has 1 aromatic rings. The summed E-state index contributed by atoms with van der Waals surface area (Å²) in [5.41, 5.74) is -0.432. The molecule has 124 valence electrons. The monoisotopic (exact) mass is 323 g/mol. The molecule has 0 radical (unpaired) electrons. The predicted molar refractivity (Wildman–Crippen MR) is 72.9 cm³/mol. The van der Waals surface area contributed by atoms with Crippen LogP contribution in [0.25, 0.3) is 0 Å². The number of benzene rings is 1. The largest absolute Gasteiger partial charge is 0.391 e. The standard InChI is InChI=1S/C15H18F5NO/c1-3-4-5-6-7-9(2)21-22-8-10-11(16)13(18)15(20)14(19)12(10)17/h3-8H2,1-2H3/b21-9+. The molecule has 0 aliphatic heterocycles.